The lowest BCUT2D eigenvalue weighted by Crippen LogP contribution is -2.31. The molecule has 1 aliphatic rings. The Balaban J connectivity index is 2.09. The number of thioether (sulfide) groups is 1. The smallest absolute Gasteiger partial charge is 0.239 e. The highest BCUT2D eigenvalue weighted by Gasteiger charge is 2.30. The maximum absolute atomic E-state index is 11.5. The Kier molecular flexibility index (Phi) is 5.16. The number of carboxylic acid groups (broad SMARTS) is 1. The van der Waals surface area contributed by atoms with E-state index >= 15 is 0 Å². The summed E-state index contributed by atoms with van der Waals surface area (Å²) in [6.07, 6.45) is -0.353. The number of hydrogen-bond donors (Lipinski definition) is 1. The molecule has 1 N–H and O–H groups in total. The molecule has 22 heavy (non-hydrogen) atoms. The summed E-state index contributed by atoms with van der Waals surface area (Å²) >= 11 is 1.03. The third kappa shape index (κ3) is 4.08. The van der Waals surface area contributed by atoms with Crippen LogP contribution in [0.2, 0.25) is 0 Å². The quantitative estimate of drug-likeness (QED) is 0.614. The summed E-state index contributed by atoms with van der Waals surface area (Å²) in [5.41, 5.74) is 1.48. The van der Waals surface area contributed by atoms with E-state index in [1.54, 1.807) is 14.0 Å². The highest BCUT2D eigenvalue weighted by molar-refractivity contribution is 8.15. The van der Waals surface area contributed by atoms with E-state index in [4.69, 9.17) is 4.74 Å². The van der Waals surface area contributed by atoms with Gasteiger partial charge in [0, 0.05) is 18.0 Å². The number of methoxy groups -OCH3 is 1. The van der Waals surface area contributed by atoms with Crippen molar-refractivity contribution in [2.45, 2.75) is 18.6 Å². The summed E-state index contributed by atoms with van der Waals surface area (Å²) in [5.74, 6) is -0.968. The molecule has 116 valence electrons. The number of carbonyl (C=O) groups excluding carboxylic acids is 2. The Morgan fingerprint density at radius 3 is 2.95 bits per heavy atom. The van der Waals surface area contributed by atoms with Crippen molar-refractivity contribution in [3.63, 3.8) is 0 Å². The second-order valence-electron chi connectivity index (χ2n) is 4.49. The van der Waals surface area contributed by atoms with Gasteiger partial charge in [0.2, 0.25) is 5.91 Å². The Morgan fingerprint density at radius 1 is 1.50 bits per heavy atom. The van der Waals surface area contributed by atoms with Crippen molar-refractivity contribution < 1.29 is 19.4 Å². The molecule has 2 rings (SSSR count). The predicted molar refractivity (Wildman–Crippen MR) is 81.8 cm³/mol. The van der Waals surface area contributed by atoms with Gasteiger partial charge >= 0.3 is 0 Å². The second kappa shape index (κ2) is 7.08. The third-order valence-corrected chi connectivity index (χ3v) is 3.98. The zero-order valence-electron chi connectivity index (χ0n) is 12.0. The van der Waals surface area contributed by atoms with Crippen molar-refractivity contribution >= 4 is 34.5 Å². The van der Waals surface area contributed by atoms with Gasteiger partial charge in [0.05, 0.1) is 18.1 Å². The fraction of sp³-hybridized carbons (Fsp3) is 0.286. The lowest BCUT2D eigenvalue weighted by atomic mass is 10.1. The molecule has 1 fully saturated rings. The normalized spacial score (nSPS) is 20.1. The standard InChI is InChI=1S/C14H15N3O4S/c1-8(9-4-3-5-10(6-9)21-2)16-17-14-15-13(20)11(22-14)7-12(18)19/h3-6,11H,7H2,1-2H3,(H,18,19)(H,15,17,20)/p-1/b16-8-/t11-/m0/s1. The van der Waals surface area contributed by atoms with Gasteiger partial charge in [-0.15, -0.1) is 5.10 Å². The molecule has 1 aromatic carbocycles. The van der Waals surface area contributed by atoms with Crippen molar-refractivity contribution in [3.8, 4) is 5.75 Å². The molecule has 0 saturated carbocycles. The summed E-state index contributed by atoms with van der Waals surface area (Å²) in [4.78, 5) is 22.1. The minimum absolute atomic E-state index is 0.276. The van der Waals surface area contributed by atoms with Crippen LogP contribution in [0.15, 0.2) is 34.5 Å². The third-order valence-electron chi connectivity index (χ3n) is 2.91. The van der Waals surface area contributed by atoms with Crippen LogP contribution in [0.5, 0.6) is 5.75 Å². The summed E-state index contributed by atoms with van der Waals surface area (Å²) in [6, 6.07) is 7.33. The van der Waals surface area contributed by atoms with Gasteiger partial charge in [-0.25, -0.2) is 0 Å². The van der Waals surface area contributed by atoms with E-state index in [0.29, 0.717) is 11.5 Å². The van der Waals surface area contributed by atoms with Crippen LogP contribution >= 0.6 is 11.8 Å². The van der Waals surface area contributed by atoms with Gasteiger partial charge in [-0.3, -0.25) is 4.79 Å². The number of amides is 1. The average molecular weight is 320 g/mol. The number of rotatable bonds is 5. The van der Waals surface area contributed by atoms with E-state index in [1.165, 1.54) is 0 Å². The molecule has 1 saturated heterocycles. The summed E-state index contributed by atoms with van der Waals surface area (Å²) in [7, 11) is 1.58. The fourth-order valence-corrected chi connectivity index (χ4v) is 2.67. The first-order valence-corrected chi connectivity index (χ1v) is 7.31. The van der Waals surface area contributed by atoms with Crippen LogP contribution in [-0.4, -0.2) is 35.1 Å². The van der Waals surface area contributed by atoms with Crippen molar-refractivity contribution in [3.05, 3.63) is 29.8 Å². The molecular formula is C14H14N3O4S-. The lowest BCUT2D eigenvalue weighted by molar-refractivity contribution is -0.305. The van der Waals surface area contributed by atoms with Gasteiger partial charge in [0.25, 0.3) is 0 Å². The molecule has 0 spiro atoms. The van der Waals surface area contributed by atoms with Gasteiger partial charge in [0.15, 0.2) is 5.17 Å². The van der Waals surface area contributed by atoms with E-state index in [1.807, 2.05) is 24.3 Å². The molecule has 1 atom stereocenters. The Hall–Kier alpha value is -2.35. The van der Waals surface area contributed by atoms with Gasteiger partial charge < -0.3 is 20.0 Å². The SMILES string of the molecule is COc1cccc(/C(C)=N\N=C2\NC(=O)[C@H](CC(=O)[O-])S2)c1. The average Bonchev–Trinajstić information content (AvgIpc) is 2.84. The van der Waals surface area contributed by atoms with Crippen LogP contribution in [0.4, 0.5) is 0 Å². The van der Waals surface area contributed by atoms with Crippen molar-refractivity contribution in [2.75, 3.05) is 7.11 Å². The lowest BCUT2D eigenvalue weighted by Gasteiger charge is -2.04. The summed E-state index contributed by atoms with van der Waals surface area (Å²) in [6.45, 7) is 1.78. The van der Waals surface area contributed by atoms with Gasteiger partial charge in [-0.05, 0) is 19.1 Å². The van der Waals surface area contributed by atoms with Crippen LogP contribution in [0, 0.1) is 0 Å². The second-order valence-corrected chi connectivity index (χ2v) is 5.69. The van der Waals surface area contributed by atoms with E-state index in [9.17, 15) is 14.7 Å². The zero-order valence-corrected chi connectivity index (χ0v) is 12.8. The Bertz CT molecular complexity index is 657. The molecule has 0 aliphatic carbocycles. The highest BCUT2D eigenvalue weighted by Crippen LogP contribution is 2.22. The van der Waals surface area contributed by atoms with Gasteiger partial charge in [-0.2, -0.15) is 5.10 Å². The molecule has 0 unspecified atom stereocenters. The van der Waals surface area contributed by atoms with E-state index in [-0.39, 0.29) is 11.6 Å². The van der Waals surface area contributed by atoms with Crippen LogP contribution in [0.3, 0.4) is 0 Å². The molecule has 0 bridgehead atoms. The van der Waals surface area contributed by atoms with Crippen molar-refractivity contribution in [1.82, 2.24) is 5.32 Å². The fourth-order valence-electron chi connectivity index (χ4n) is 1.76. The number of benzene rings is 1. The van der Waals surface area contributed by atoms with E-state index in [0.717, 1.165) is 17.3 Å². The first-order chi connectivity index (χ1) is 10.5. The minimum atomic E-state index is -1.27. The predicted octanol–water partition coefficient (Wildman–Crippen LogP) is 0.147. The van der Waals surface area contributed by atoms with Crippen LogP contribution in [0.1, 0.15) is 18.9 Å². The number of nitrogens with zero attached hydrogens (tertiary/aromatic N) is 2. The number of hydrogen-bond acceptors (Lipinski definition) is 7. The topological polar surface area (TPSA) is 103 Å². The maximum atomic E-state index is 11.5. The first kappa shape index (κ1) is 16.0. The minimum Gasteiger partial charge on any atom is -0.550 e. The highest BCUT2D eigenvalue weighted by atomic mass is 32.2. The van der Waals surface area contributed by atoms with E-state index < -0.39 is 17.1 Å². The zero-order chi connectivity index (χ0) is 16.1. The molecule has 1 amide bonds. The molecule has 1 aliphatic heterocycles. The summed E-state index contributed by atoms with van der Waals surface area (Å²) in [5, 5.41) is 20.6. The first-order valence-electron chi connectivity index (χ1n) is 6.43. The maximum Gasteiger partial charge on any atom is 0.239 e. The molecule has 8 heteroatoms. The Morgan fingerprint density at radius 2 is 2.27 bits per heavy atom. The Labute approximate surface area is 131 Å². The van der Waals surface area contributed by atoms with Crippen molar-refractivity contribution in [1.29, 1.82) is 0 Å². The van der Waals surface area contributed by atoms with Crippen LogP contribution in [0.25, 0.3) is 0 Å². The molecule has 0 radical (unpaired) electrons. The molecular weight excluding hydrogens is 306 g/mol. The van der Waals surface area contributed by atoms with Crippen LogP contribution in [-0.2, 0) is 9.59 Å². The number of nitrogens with one attached hydrogen (secondary N) is 1. The largest absolute Gasteiger partial charge is 0.550 e. The molecule has 0 aromatic heterocycles. The molecule has 7 nitrogen and oxygen atoms in total. The summed E-state index contributed by atoms with van der Waals surface area (Å²) < 4.78 is 5.13. The van der Waals surface area contributed by atoms with Crippen molar-refractivity contribution in [2.24, 2.45) is 10.2 Å². The number of carboxylic acids is 1. The number of carbonyl (C=O) groups is 2. The van der Waals surface area contributed by atoms with Gasteiger partial charge in [-0.1, -0.05) is 23.9 Å². The molecule has 1 aromatic rings. The van der Waals surface area contributed by atoms with Gasteiger partial charge in [0.1, 0.15) is 5.75 Å². The number of ether oxygens (including phenoxy) is 1. The van der Waals surface area contributed by atoms with E-state index in [2.05, 4.69) is 15.5 Å². The molecule has 1 heterocycles. The number of aliphatic carboxylic acids is 1. The monoisotopic (exact) mass is 320 g/mol. The number of amidine groups is 1. The van der Waals surface area contributed by atoms with Crippen LogP contribution < -0.4 is 15.2 Å².